The number of hydrazine groups is 1. The summed E-state index contributed by atoms with van der Waals surface area (Å²) in [6.45, 7) is 5.82. The maximum absolute atomic E-state index is 14.2. The summed E-state index contributed by atoms with van der Waals surface area (Å²) in [7, 11) is 0. The minimum Gasteiger partial charge on any atom is -0.493 e. The highest BCUT2D eigenvalue weighted by Gasteiger charge is 2.53. The second-order valence-corrected chi connectivity index (χ2v) is 7.74. The van der Waals surface area contributed by atoms with Crippen molar-refractivity contribution < 1.29 is 22.7 Å². The van der Waals surface area contributed by atoms with E-state index in [4.69, 9.17) is 4.74 Å². The Morgan fingerprint density at radius 2 is 1.86 bits per heavy atom. The van der Waals surface area contributed by atoms with Crippen LogP contribution < -0.4 is 10.2 Å². The third-order valence-corrected chi connectivity index (χ3v) is 5.02. The predicted octanol–water partition coefficient (Wildman–Crippen LogP) is 5.14. The number of nitrogens with zero attached hydrogens (tertiary/aromatic N) is 1. The molecule has 0 bridgehead atoms. The molecule has 0 aromatic heterocycles. The van der Waals surface area contributed by atoms with Crippen LogP contribution in [0, 0.1) is 0 Å². The first-order valence-corrected chi connectivity index (χ1v) is 9.45. The summed E-state index contributed by atoms with van der Waals surface area (Å²) >= 11 is 0. The van der Waals surface area contributed by atoms with Crippen LogP contribution in [0.4, 0.5) is 13.2 Å². The lowest BCUT2D eigenvalue weighted by atomic mass is 9.93. The molecule has 0 spiro atoms. The van der Waals surface area contributed by atoms with Gasteiger partial charge in [0, 0.05) is 17.3 Å². The Kier molecular flexibility index (Phi) is 5.57. The Morgan fingerprint density at radius 3 is 2.46 bits per heavy atom. The molecule has 0 unspecified atom stereocenters. The third-order valence-electron chi connectivity index (χ3n) is 5.02. The van der Waals surface area contributed by atoms with Gasteiger partial charge in [0.15, 0.2) is 6.04 Å². The van der Waals surface area contributed by atoms with E-state index in [9.17, 15) is 18.0 Å². The molecule has 0 aliphatic carbocycles. The van der Waals surface area contributed by atoms with Gasteiger partial charge in [0.1, 0.15) is 5.75 Å². The highest BCUT2D eigenvalue weighted by atomic mass is 19.4. The zero-order valence-corrected chi connectivity index (χ0v) is 16.3. The van der Waals surface area contributed by atoms with Crippen molar-refractivity contribution in [3.63, 3.8) is 0 Å². The first-order valence-electron chi connectivity index (χ1n) is 9.45. The van der Waals surface area contributed by atoms with Crippen LogP contribution in [0.3, 0.4) is 0 Å². The molecule has 0 saturated carbocycles. The average Bonchev–Trinajstić information content (AvgIpc) is 2.86. The Labute approximate surface area is 162 Å². The summed E-state index contributed by atoms with van der Waals surface area (Å²) < 4.78 is 48.3. The fraction of sp³-hybridized carbons (Fsp3) is 0.476. The van der Waals surface area contributed by atoms with E-state index in [1.165, 1.54) is 6.07 Å². The zero-order valence-electron chi connectivity index (χ0n) is 16.3. The lowest BCUT2D eigenvalue weighted by Gasteiger charge is -2.38. The van der Waals surface area contributed by atoms with Gasteiger partial charge in [-0.05, 0) is 37.3 Å². The van der Waals surface area contributed by atoms with Crippen molar-refractivity contribution in [2.75, 3.05) is 6.61 Å². The van der Waals surface area contributed by atoms with Crippen molar-refractivity contribution in [3.8, 4) is 5.75 Å². The molecule has 28 heavy (non-hydrogen) atoms. The van der Waals surface area contributed by atoms with E-state index < -0.39 is 23.7 Å². The molecule has 2 aromatic carbocycles. The molecule has 1 aliphatic rings. The lowest BCUT2D eigenvalue weighted by Crippen LogP contribution is -2.51. The molecule has 1 aliphatic heterocycles. The number of carbonyl (C=O) groups is 1. The second-order valence-electron chi connectivity index (χ2n) is 7.74. The molecular formula is C21H25F3N2O2. The van der Waals surface area contributed by atoms with Crippen molar-refractivity contribution in [1.82, 2.24) is 10.4 Å². The quantitative estimate of drug-likeness (QED) is 0.690. The number of carbonyl (C=O) groups excluding carboxylic acids is 1. The normalized spacial score (nSPS) is 18.3. The van der Waals surface area contributed by atoms with Gasteiger partial charge < -0.3 is 4.74 Å². The van der Waals surface area contributed by atoms with Crippen LogP contribution in [0.2, 0.25) is 0 Å². The summed E-state index contributed by atoms with van der Waals surface area (Å²) in [6.07, 6.45) is -2.72. The van der Waals surface area contributed by atoms with Crippen molar-refractivity contribution in [2.24, 2.45) is 0 Å². The highest BCUT2D eigenvalue weighted by Crippen LogP contribution is 2.45. The molecule has 1 amide bonds. The van der Waals surface area contributed by atoms with Crippen LogP contribution in [-0.2, 0) is 4.79 Å². The highest BCUT2D eigenvalue weighted by molar-refractivity contribution is 5.91. The summed E-state index contributed by atoms with van der Waals surface area (Å²) in [5.41, 5.74) is 1.55. The van der Waals surface area contributed by atoms with Crippen LogP contribution in [0.25, 0.3) is 10.8 Å². The standard InChI is InChI=1S/C21H25F3N2O2/c1-4-5-12-28-17-11-7-8-14-15(17)9-6-10-16(14)19(21(22,23)24)26-20(2,3)13-18(27)25-26/h6-11,19H,4-5,12-13H2,1-3H3,(H,25,27)/t19-/m0/s1. The number of alkyl halides is 3. The van der Waals surface area contributed by atoms with Crippen LogP contribution in [0.15, 0.2) is 36.4 Å². The number of rotatable bonds is 6. The van der Waals surface area contributed by atoms with Crippen molar-refractivity contribution >= 4 is 16.7 Å². The van der Waals surface area contributed by atoms with E-state index in [0.717, 1.165) is 17.9 Å². The van der Waals surface area contributed by atoms with Gasteiger partial charge in [-0.15, -0.1) is 0 Å². The molecular weight excluding hydrogens is 369 g/mol. The monoisotopic (exact) mass is 394 g/mol. The molecule has 1 N–H and O–H groups in total. The van der Waals surface area contributed by atoms with Gasteiger partial charge in [-0.2, -0.15) is 18.2 Å². The number of hydrogen-bond donors (Lipinski definition) is 1. The van der Waals surface area contributed by atoms with Crippen LogP contribution in [0.1, 0.15) is 51.6 Å². The maximum Gasteiger partial charge on any atom is 0.409 e. The Bertz CT molecular complexity index is 864. The number of nitrogens with one attached hydrogen (secondary N) is 1. The predicted molar refractivity (Wildman–Crippen MR) is 102 cm³/mol. The van der Waals surface area contributed by atoms with Crippen molar-refractivity contribution in [1.29, 1.82) is 0 Å². The van der Waals surface area contributed by atoms with Crippen LogP contribution >= 0.6 is 0 Å². The number of amides is 1. The fourth-order valence-electron chi connectivity index (χ4n) is 3.68. The van der Waals surface area contributed by atoms with Gasteiger partial charge in [-0.1, -0.05) is 43.7 Å². The zero-order chi connectivity index (χ0) is 20.5. The Hall–Kier alpha value is -2.28. The number of halogens is 3. The number of ether oxygens (including phenoxy) is 1. The smallest absolute Gasteiger partial charge is 0.409 e. The molecule has 1 fully saturated rings. The van der Waals surface area contributed by atoms with Crippen molar-refractivity contribution in [3.05, 3.63) is 42.0 Å². The van der Waals surface area contributed by atoms with Gasteiger partial charge in [0.2, 0.25) is 5.91 Å². The van der Waals surface area contributed by atoms with Gasteiger partial charge >= 0.3 is 6.18 Å². The Morgan fingerprint density at radius 1 is 1.18 bits per heavy atom. The molecule has 7 heteroatoms. The number of benzene rings is 2. The molecule has 152 valence electrons. The van der Waals surface area contributed by atoms with E-state index in [1.807, 2.05) is 6.92 Å². The van der Waals surface area contributed by atoms with Gasteiger partial charge in [0.25, 0.3) is 0 Å². The van der Waals surface area contributed by atoms with E-state index in [2.05, 4.69) is 5.43 Å². The van der Waals surface area contributed by atoms with E-state index in [0.29, 0.717) is 23.1 Å². The molecule has 1 atom stereocenters. The van der Waals surface area contributed by atoms with Gasteiger partial charge in [-0.3, -0.25) is 10.2 Å². The first kappa shape index (κ1) is 20.5. The third kappa shape index (κ3) is 3.94. The second kappa shape index (κ2) is 7.62. The lowest BCUT2D eigenvalue weighted by molar-refractivity contribution is -0.203. The largest absolute Gasteiger partial charge is 0.493 e. The van der Waals surface area contributed by atoms with E-state index in [1.54, 1.807) is 44.2 Å². The minimum absolute atomic E-state index is 0.00965. The SMILES string of the molecule is CCCCOc1cccc2c([C@H](N3NC(=O)CC3(C)C)C(F)(F)F)cccc12. The molecule has 4 nitrogen and oxygen atoms in total. The van der Waals surface area contributed by atoms with E-state index in [-0.39, 0.29) is 12.0 Å². The molecule has 2 aromatic rings. The average molecular weight is 394 g/mol. The minimum atomic E-state index is -4.57. The number of hydrogen-bond acceptors (Lipinski definition) is 3. The van der Waals surface area contributed by atoms with Gasteiger partial charge in [0.05, 0.1) is 6.61 Å². The summed E-state index contributed by atoms with van der Waals surface area (Å²) in [5.74, 6) is 0.154. The Balaban J connectivity index is 2.11. The van der Waals surface area contributed by atoms with Crippen molar-refractivity contribution in [2.45, 2.75) is 57.8 Å². The molecule has 3 rings (SSSR count). The molecule has 0 radical (unpaired) electrons. The van der Waals surface area contributed by atoms with Gasteiger partial charge in [-0.25, -0.2) is 0 Å². The summed E-state index contributed by atoms with van der Waals surface area (Å²) in [5, 5.41) is 2.14. The van der Waals surface area contributed by atoms with Crippen LogP contribution in [-0.4, -0.2) is 29.2 Å². The van der Waals surface area contributed by atoms with E-state index >= 15 is 0 Å². The fourth-order valence-corrected chi connectivity index (χ4v) is 3.68. The number of fused-ring (bicyclic) bond motifs is 1. The maximum atomic E-state index is 14.2. The topological polar surface area (TPSA) is 41.6 Å². The summed E-state index contributed by atoms with van der Waals surface area (Å²) in [6, 6.07) is 8.02. The molecule has 1 saturated heterocycles. The summed E-state index contributed by atoms with van der Waals surface area (Å²) in [4.78, 5) is 11.9. The molecule has 1 heterocycles. The van der Waals surface area contributed by atoms with Crippen LogP contribution in [0.5, 0.6) is 5.75 Å². The number of unbranched alkanes of at least 4 members (excludes halogenated alkanes) is 1. The first-order chi connectivity index (χ1) is 13.1.